The minimum atomic E-state index is -0.00838. The summed E-state index contributed by atoms with van der Waals surface area (Å²) in [5, 5.41) is 0. The van der Waals surface area contributed by atoms with Crippen molar-refractivity contribution in [2.45, 2.75) is 20.3 Å². The monoisotopic (exact) mass is 193 g/mol. The molecule has 0 saturated carbocycles. The zero-order valence-electron chi connectivity index (χ0n) is 8.62. The van der Waals surface area contributed by atoms with Gasteiger partial charge in [0.15, 0.2) is 5.78 Å². The second-order valence-corrected chi connectivity index (χ2v) is 3.16. The molecule has 0 unspecified atom stereocenters. The Labute approximate surface area is 84.1 Å². The molecule has 1 aromatic heterocycles. The van der Waals surface area contributed by atoms with E-state index in [2.05, 4.69) is 4.98 Å². The van der Waals surface area contributed by atoms with Gasteiger partial charge < -0.3 is 4.74 Å². The third-order valence-electron chi connectivity index (χ3n) is 1.81. The molecule has 14 heavy (non-hydrogen) atoms. The van der Waals surface area contributed by atoms with Gasteiger partial charge in [-0.3, -0.25) is 9.78 Å². The molecule has 0 aliphatic heterocycles. The van der Waals surface area contributed by atoms with Crippen LogP contribution in [0, 0.1) is 6.92 Å². The van der Waals surface area contributed by atoms with Crippen LogP contribution in [0.25, 0.3) is 0 Å². The summed E-state index contributed by atoms with van der Waals surface area (Å²) in [4.78, 5) is 15.5. The van der Waals surface area contributed by atoms with Crippen molar-refractivity contribution in [2.24, 2.45) is 0 Å². The summed E-state index contributed by atoms with van der Waals surface area (Å²) in [7, 11) is 0. The van der Waals surface area contributed by atoms with Crippen LogP contribution in [0.5, 0.6) is 0 Å². The first-order chi connectivity index (χ1) is 6.74. The number of nitrogens with zero attached hydrogens (tertiary/aromatic N) is 1. The summed E-state index contributed by atoms with van der Waals surface area (Å²) in [6, 6.07) is 3.60. The van der Waals surface area contributed by atoms with Crippen LogP contribution in [0.15, 0.2) is 18.3 Å². The number of aryl methyl sites for hydroxylation is 1. The third-order valence-corrected chi connectivity index (χ3v) is 1.81. The molecule has 0 amide bonds. The molecule has 0 saturated heterocycles. The maximum Gasteiger partial charge on any atom is 0.190 e. The average molecular weight is 193 g/mol. The first-order valence-corrected chi connectivity index (χ1v) is 4.77. The van der Waals surface area contributed by atoms with Crippen molar-refractivity contribution in [3.05, 3.63) is 29.6 Å². The van der Waals surface area contributed by atoms with Gasteiger partial charge in [0.25, 0.3) is 0 Å². The van der Waals surface area contributed by atoms with Gasteiger partial charge in [0.1, 0.15) is 6.61 Å². The SMILES string of the molecule is CCCOCC(=O)c1ccc(C)nc1. The maximum atomic E-state index is 11.5. The molecular weight excluding hydrogens is 178 g/mol. The molecule has 0 aliphatic carbocycles. The van der Waals surface area contributed by atoms with Crippen molar-refractivity contribution in [3.63, 3.8) is 0 Å². The normalized spacial score (nSPS) is 10.1. The van der Waals surface area contributed by atoms with E-state index in [4.69, 9.17) is 4.74 Å². The number of carbonyl (C=O) groups excluding carboxylic acids is 1. The van der Waals surface area contributed by atoms with Crippen molar-refractivity contribution in [2.75, 3.05) is 13.2 Å². The molecule has 0 spiro atoms. The lowest BCUT2D eigenvalue weighted by atomic mass is 10.2. The van der Waals surface area contributed by atoms with Crippen molar-refractivity contribution < 1.29 is 9.53 Å². The number of aromatic nitrogens is 1. The van der Waals surface area contributed by atoms with E-state index in [9.17, 15) is 4.79 Å². The quantitative estimate of drug-likeness (QED) is 0.530. The van der Waals surface area contributed by atoms with Gasteiger partial charge in [0, 0.05) is 24.1 Å². The minimum absolute atomic E-state index is 0.00838. The Bertz CT molecular complexity index is 293. The van der Waals surface area contributed by atoms with E-state index in [1.165, 1.54) is 0 Å². The topological polar surface area (TPSA) is 39.2 Å². The molecule has 76 valence electrons. The highest BCUT2D eigenvalue weighted by atomic mass is 16.5. The highest BCUT2D eigenvalue weighted by Gasteiger charge is 2.05. The van der Waals surface area contributed by atoms with E-state index in [1.54, 1.807) is 12.3 Å². The molecule has 1 heterocycles. The lowest BCUT2D eigenvalue weighted by molar-refractivity contribution is 0.0761. The largest absolute Gasteiger partial charge is 0.373 e. The van der Waals surface area contributed by atoms with Gasteiger partial charge in [-0.15, -0.1) is 0 Å². The number of ketones is 1. The van der Waals surface area contributed by atoms with E-state index in [-0.39, 0.29) is 12.4 Å². The molecular formula is C11H15NO2. The molecule has 0 bridgehead atoms. The molecule has 3 nitrogen and oxygen atoms in total. The number of ether oxygens (including phenoxy) is 1. The summed E-state index contributed by atoms with van der Waals surface area (Å²) in [6.45, 7) is 4.68. The first-order valence-electron chi connectivity index (χ1n) is 4.77. The third kappa shape index (κ3) is 3.26. The molecule has 0 N–H and O–H groups in total. The lowest BCUT2D eigenvalue weighted by Crippen LogP contribution is -2.09. The van der Waals surface area contributed by atoms with Crippen LogP contribution in [0.4, 0.5) is 0 Å². The minimum Gasteiger partial charge on any atom is -0.373 e. The summed E-state index contributed by atoms with van der Waals surface area (Å²) in [5.74, 6) is -0.00838. The Balaban J connectivity index is 2.48. The Morgan fingerprint density at radius 3 is 2.86 bits per heavy atom. The smallest absolute Gasteiger partial charge is 0.190 e. The van der Waals surface area contributed by atoms with Gasteiger partial charge in [-0.2, -0.15) is 0 Å². The second-order valence-electron chi connectivity index (χ2n) is 3.16. The van der Waals surface area contributed by atoms with Gasteiger partial charge in [0.2, 0.25) is 0 Å². The van der Waals surface area contributed by atoms with Gasteiger partial charge in [0.05, 0.1) is 0 Å². The van der Waals surface area contributed by atoms with E-state index in [0.717, 1.165) is 12.1 Å². The van der Waals surface area contributed by atoms with Gasteiger partial charge in [-0.1, -0.05) is 6.92 Å². The van der Waals surface area contributed by atoms with Gasteiger partial charge in [-0.25, -0.2) is 0 Å². The number of rotatable bonds is 5. The highest BCUT2D eigenvalue weighted by molar-refractivity contribution is 5.96. The number of hydrogen-bond acceptors (Lipinski definition) is 3. The van der Waals surface area contributed by atoms with Crippen molar-refractivity contribution in [1.82, 2.24) is 4.98 Å². The molecule has 3 heteroatoms. The van der Waals surface area contributed by atoms with Crippen LogP contribution in [0.3, 0.4) is 0 Å². The summed E-state index contributed by atoms with van der Waals surface area (Å²) >= 11 is 0. The van der Waals surface area contributed by atoms with Crippen LogP contribution in [0.1, 0.15) is 29.4 Å². The number of carbonyl (C=O) groups is 1. The predicted molar refractivity (Wildman–Crippen MR) is 54.4 cm³/mol. The molecule has 0 fully saturated rings. The average Bonchev–Trinajstić information content (AvgIpc) is 2.19. The second kappa shape index (κ2) is 5.50. The van der Waals surface area contributed by atoms with Crippen molar-refractivity contribution >= 4 is 5.78 Å². The van der Waals surface area contributed by atoms with Crippen LogP contribution in [0.2, 0.25) is 0 Å². The predicted octanol–water partition coefficient (Wildman–Crippen LogP) is 2.00. The fourth-order valence-corrected chi connectivity index (χ4v) is 1.03. The summed E-state index contributed by atoms with van der Waals surface area (Å²) in [5.41, 5.74) is 1.53. The van der Waals surface area contributed by atoms with E-state index in [0.29, 0.717) is 12.2 Å². The molecule has 0 radical (unpaired) electrons. The Morgan fingerprint density at radius 2 is 2.29 bits per heavy atom. The van der Waals surface area contributed by atoms with Crippen molar-refractivity contribution in [1.29, 1.82) is 0 Å². The van der Waals surface area contributed by atoms with E-state index >= 15 is 0 Å². The van der Waals surface area contributed by atoms with E-state index < -0.39 is 0 Å². The molecule has 0 atom stereocenters. The fourth-order valence-electron chi connectivity index (χ4n) is 1.03. The Morgan fingerprint density at radius 1 is 1.50 bits per heavy atom. The van der Waals surface area contributed by atoms with Crippen LogP contribution >= 0.6 is 0 Å². The Kier molecular flexibility index (Phi) is 4.26. The number of hydrogen-bond donors (Lipinski definition) is 0. The van der Waals surface area contributed by atoms with Gasteiger partial charge >= 0.3 is 0 Å². The summed E-state index contributed by atoms with van der Waals surface area (Å²) in [6.07, 6.45) is 2.52. The first kappa shape index (κ1) is 10.9. The Hall–Kier alpha value is -1.22. The molecule has 0 aromatic carbocycles. The number of Topliss-reactive ketones (excluding diaryl/α,β-unsaturated/α-hetero) is 1. The van der Waals surface area contributed by atoms with Crippen LogP contribution in [-0.4, -0.2) is 24.0 Å². The highest BCUT2D eigenvalue weighted by Crippen LogP contribution is 2.00. The maximum absolute atomic E-state index is 11.5. The zero-order chi connectivity index (χ0) is 10.4. The van der Waals surface area contributed by atoms with Crippen molar-refractivity contribution in [3.8, 4) is 0 Å². The van der Waals surface area contributed by atoms with Crippen LogP contribution in [-0.2, 0) is 4.74 Å². The molecule has 0 aliphatic rings. The zero-order valence-corrected chi connectivity index (χ0v) is 8.62. The van der Waals surface area contributed by atoms with E-state index in [1.807, 2.05) is 19.9 Å². The fraction of sp³-hybridized carbons (Fsp3) is 0.455. The lowest BCUT2D eigenvalue weighted by Gasteiger charge is -2.01. The molecule has 1 aromatic rings. The summed E-state index contributed by atoms with van der Waals surface area (Å²) < 4.78 is 5.15. The van der Waals surface area contributed by atoms with Crippen LogP contribution < -0.4 is 0 Å². The number of pyridine rings is 1. The standard InChI is InChI=1S/C11H15NO2/c1-3-6-14-8-11(13)10-5-4-9(2)12-7-10/h4-5,7H,3,6,8H2,1-2H3. The van der Waals surface area contributed by atoms with Gasteiger partial charge in [-0.05, 0) is 25.5 Å². The molecule has 1 rings (SSSR count).